The molecule has 0 spiro atoms. The van der Waals surface area contributed by atoms with Crippen LogP contribution in [0.4, 0.5) is 16.5 Å². The molecule has 0 radical (unpaired) electrons. The summed E-state index contributed by atoms with van der Waals surface area (Å²) in [7, 11) is 0. The summed E-state index contributed by atoms with van der Waals surface area (Å²) in [5, 5.41) is 14.8. The van der Waals surface area contributed by atoms with Crippen molar-refractivity contribution in [3.63, 3.8) is 0 Å². The quantitative estimate of drug-likeness (QED) is 0.317. The van der Waals surface area contributed by atoms with Crippen molar-refractivity contribution < 1.29 is 4.79 Å². The van der Waals surface area contributed by atoms with Gasteiger partial charge in [-0.15, -0.1) is 11.3 Å². The zero-order chi connectivity index (χ0) is 22.1. The van der Waals surface area contributed by atoms with E-state index in [0.717, 1.165) is 33.1 Å². The number of amides is 1. The van der Waals surface area contributed by atoms with Crippen molar-refractivity contribution in [1.82, 2.24) is 14.8 Å². The zero-order valence-electron chi connectivity index (χ0n) is 17.0. The van der Waals surface area contributed by atoms with Gasteiger partial charge in [0.1, 0.15) is 0 Å². The van der Waals surface area contributed by atoms with Crippen LogP contribution in [0.25, 0.3) is 16.6 Å². The standard InChI is InChI=1S/C24H18ClN5OS/c1-15-14-32-24(27-15)29-18-8-6-17(7-9-18)28-23(31)20-11-10-19(12-21(20)25)30-22-5-3-2-4-16(22)13-26-30/h2-14H,1H3,(H,27,29)(H,28,31). The lowest BCUT2D eigenvalue weighted by Crippen LogP contribution is -2.12. The van der Waals surface area contributed by atoms with Crippen molar-refractivity contribution in [2.24, 2.45) is 0 Å². The average Bonchev–Trinajstić information content (AvgIpc) is 3.41. The van der Waals surface area contributed by atoms with E-state index in [1.54, 1.807) is 34.3 Å². The molecule has 8 heteroatoms. The monoisotopic (exact) mass is 459 g/mol. The van der Waals surface area contributed by atoms with Crippen LogP contribution in [0.3, 0.4) is 0 Å². The molecule has 32 heavy (non-hydrogen) atoms. The van der Waals surface area contributed by atoms with Gasteiger partial charge in [0.15, 0.2) is 5.13 Å². The molecule has 0 fully saturated rings. The Kier molecular flexibility index (Phi) is 5.34. The van der Waals surface area contributed by atoms with Gasteiger partial charge < -0.3 is 10.6 Å². The molecule has 0 aliphatic heterocycles. The van der Waals surface area contributed by atoms with Gasteiger partial charge in [-0.05, 0) is 55.5 Å². The number of hydrogen-bond donors (Lipinski definition) is 2. The lowest BCUT2D eigenvalue weighted by atomic mass is 10.1. The average molecular weight is 460 g/mol. The third-order valence-corrected chi connectivity index (χ3v) is 6.12. The smallest absolute Gasteiger partial charge is 0.257 e. The Balaban J connectivity index is 1.31. The van der Waals surface area contributed by atoms with E-state index in [9.17, 15) is 4.79 Å². The summed E-state index contributed by atoms with van der Waals surface area (Å²) >= 11 is 8.00. The van der Waals surface area contributed by atoms with Gasteiger partial charge in [0.05, 0.1) is 33.7 Å². The van der Waals surface area contributed by atoms with Gasteiger partial charge in [0.2, 0.25) is 0 Å². The van der Waals surface area contributed by atoms with Crippen molar-refractivity contribution in [3.8, 4) is 5.69 Å². The second kappa shape index (κ2) is 8.45. The van der Waals surface area contributed by atoms with Gasteiger partial charge in [-0.1, -0.05) is 29.8 Å². The topological polar surface area (TPSA) is 71.8 Å². The first-order valence-corrected chi connectivity index (χ1v) is 11.2. The van der Waals surface area contributed by atoms with E-state index < -0.39 is 0 Å². The molecule has 5 aromatic rings. The summed E-state index contributed by atoms with van der Waals surface area (Å²) in [6, 6.07) is 20.7. The van der Waals surface area contributed by atoms with Gasteiger partial charge in [-0.3, -0.25) is 4.79 Å². The molecule has 0 bridgehead atoms. The van der Waals surface area contributed by atoms with E-state index in [0.29, 0.717) is 16.3 Å². The Labute approximate surface area is 193 Å². The molecule has 3 aromatic carbocycles. The lowest BCUT2D eigenvalue weighted by molar-refractivity contribution is 0.102. The van der Waals surface area contributed by atoms with Crippen LogP contribution in [0.2, 0.25) is 5.02 Å². The fourth-order valence-corrected chi connectivity index (χ4v) is 4.34. The number of thiazole rings is 1. The molecule has 0 saturated heterocycles. The van der Waals surface area contributed by atoms with E-state index in [2.05, 4.69) is 20.7 Å². The van der Waals surface area contributed by atoms with Crippen LogP contribution in [0.15, 0.2) is 78.3 Å². The molecular formula is C24H18ClN5OS. The number of hydrogen-bond acceptors (Lipinski definition) is 5. The number of aromatic nitrogens is 3. The molecule has 0 aliphatic carbocycles. The minimum Gasteiger partial charge on any atom is -0.332 e. The third kappa shape index (κ3) is 4.08. The molecule has 6 nitrogen and oxygen atoms in total. The second-order valence-electron chi connectivity index (χ2n) is 7.23. The van der Waals surface area contributed by atoms with Gasteiger partial charge >= 0.3 is 0 Å². The van der Waals surface area contributed by atoms with Crippen molar-refractivity contribution in [2.75, 3.05) is 10.6 Å². The molecule has 0 aliphatic rings. The number of rotatable bonds is 5. The summed E-state index contributed by atoms with van der Waals surface area (Å²) in [4.78, 5) is 17.2. The van der Waals surface area contributed by atoms with E-state index >= 15 is 0 Å². The molecule has 2 aromatic heterocycles. The number of halogens is 1. The molecule has 0 atom stereocenters. The number of nitrogens with one attached hydrogen (secondary N) is 2. The van der Waals surface area contributed by atoms with Crippen molar-refractivity contribution >= 4 is 56.3 Å². The Bertz CT molecular complexity index is 1420. The highest BCUT2D eigenvalue weighted by molar-refractivity contribution is 7.13. The summed E-state index contributed by atoms with van der Waals surface area (Å²) in [6.07, 6.45) is 1.80. The molecule has 158 valence electrons. The molecule has 1 amide bonds. The second-order valence-corrected chi connectivity index (χ2v) is 8.50. The van der Waals surface area contributed by atoms with E-state index in [-0.39, 0.29) is 5.91 Å². The molecule has 2 N–H and O–H groups in total. The lowest BCUT2D eigenvalue weighted by Gasteiger charge is -2.10. The molecule has 0 saturated carbocycles. The SMILES string of the molecule is Cc1csc(Nc2ccc(NC(=O)c3ccc(-n4ncc5ccccc54)cc3Cl)cc2)n1. The minimum atomic E-state index is -0.275. The van der Waals surface area contributed by atoms with Gasteiger partial charge in [-0.25, -0.2) is 9.67 Å². The van der Waals surface area contributed by atoms with Crippen LogP contribution in [0.1, 0.15) is 16.1 Å². The Morgan fingerprint density at radius 1 is 1.03 bits per heavy atom. The highest BCUT2D eigenvalue weighted by Crippen LogP contribution is 2.25. The highest BCUT2D eigenvalue weighted by atomic mass is 35.5. The first-order chi connectivity index (χ1) is 15.6. The van der Waals surface area contributed by atoms with Crippen LogP contribution in [0, 0.1) is 6.92 Å². The minimum absolute atomic E-state index is 0.275. The van der Waals surface area contributed by atoms with Crippen LogP contribution < -0.4 is 10.6 Å². The molecular weight excluding hydrogens is 442 g/mol. The van der Waals surface area contributed by atoms with Crippen molar-refractivity contribution in [2.45, 2.75) is 6.92 Å². The fourth-order valence-electron chi connectivity index (χ4n) is 3.37. The first kappa shape index (κ1) is 20.2. The molecule has 2 heterocycles. The van der Waals surface area contributed by atoms with Gasteiger partial charge in [-0.2, -0.15) is 5.10 Å². The predicted octanol–water partition coefficient (Wildman–Crippen LogP) is 6.44. The Morgan fingerprint density at radius 2 is 1.81 bits per heavy atom. The summed E-state index contributed by atoms with van der Waals surface area (Å²) in [5.74, 6) is -0.275. The number of benzene rings is 3. The number of para-hydroxylation sites is 1. The van der Waals surface area contributed by atoms with Crippen LogP contribution in [0.5, 0.6) is 0 Å². The van der Waals surface area contributed by atoms with Gasteiger partial charge in [0.25, 0.3) is 5.91 Å². The summed E-state index contributed by atoms with van der Waals surface area (Å²) < 4.78 is 1.80. The van der Waals surface area contributed by atoms with E-state index in [1.807, 2.05) is 66.9 Å². The van der Waals surface area contributed by atoms with Crippen LogP contribution >= 0.6 is 22.9 Å². The number of carbonyl (C=O) groups excluding carboxylic acids is 1. The normalized spacial score (nSPS) is 10.9. The molecule has 5 rings (SSSR count). The predicted molar refractivity (Wildman–Crippen MR) is 131 cm³/mol. The zero-order valence-corrected chi connectivity index (χ0v) is 18.6. The number of fused-ring (bicyclic) bond motifs is 1. The van der Waals surface area contributed by atoms with Crippen LogP contribution in [-0.4, -0.2) is 20.7 Å². The number of nitrogens with zero attached hydrogens (tertiary/aromatic N) is 3. The summed E-state index contributed by atoms with van der Waals surface area (Å²) in [6.45, 7) is 1.95. The maximum absolute atomic E-state index is 12.8. The van der Waals surface area contributed by atoms with Gasteiger partial charge in [0, 0.05) is 22.1 Å². The van der Waals surface area contributed by atoms with Crippen LogP contribution in [-0.2, 0) is 0 Å². The molecule has 0 unspecified atom stereocenters. The number of carbonyl (C=O) groups is 1. The number of aryl methyl sites for hydroxylation is 1. The Hall–Kier alpha value is -3.68. The maximum atomic E-state index is 12.8. The number of anilines is 3. The Morgan fingerprint density at radius 3 is 2.56 bits per heavy atom. The fraction of sp³-hybridized carbons (Fsp3) is 0.0417. The van der Waals surface area contributed by atoms with E-state index in [1.165, 1.54) is 0 Å². The third-order valence-electron chi connectivity index (χ3n) is 4.93. The van der Waals surface area contributed by atoms with Crippen molar-refractivity contribution in [3.05, 3.63) is 94.6 Å². The first-order valence-electron chi connectivity index (χ1n) is 9.90. The largest absolute Gasteiger partial charge is 0.332 e. The maximum Gasteiger partial charge on any atom is 0.257 e. The van der Waals surface area contributed by atoms with E-state index in [4.69, 9.17) is 11.6 Å². The highest BCUT2D eigenvalue weighted by Gasteiger charge is 2.13. The van der Waals surface area contributed by atoms with Crippen molar-refractivity contribution in [1.29, 1.82) is 0 Å². The summed E-state index contributed by atoms with van der Waals surface area (Å²) in [5.41, 5.74) is 4.71.